The standard InChI is InChI=1S/C31H24N2O2/c1-18(2)26(23-10-6-5-9-19(23)3)28-30(34)29(31(28)35)27-20(4)33(25-12-8-7-11-24(25)27)22-15-13-21(17-32)14-16-22/h5-16,34H,1H2,2-4H3/b28-26-. The van der Waals surface area contributed by atoms with Gasteiger partial charge in [-0.2, -0.15) is 5.26 Å². The highest BCUT2D eigenvalue weighted by Crippen LogP contribution is 2.46. The Morgan fingerprint density at radius 3 is 2.26 bits per heavy atom. The molecule has 3 aromatic carbocycles. The number of Topliss-reactive ketones (excluding diaryl/α,β-unsaturated/α-hetero) is 1. The molecule has 1 aliphatic carbocycles. The topological polar surface area (TPSA) is 66.0 Å². The molecule has 1 heterocycles. The van der Waals surface area contributed by atoms with Crippen molar-refractivity contribution in [3.63, 3.8) is 0 Å². The van der Waals surface area contributed by atoms with Crippen molar-refractivity contribution in [2.24, 2.45) is 0 Å². The largest absolute Gasteiger partial charge is 0.506 e. The molecule has 1 aliphatic rings. The number of ketones is 1. The summed E-state index contributed by atoms with van der Waals surface area (Å²) in [4.78, 5) is 13.7. The first-order valence-electron chi connectivity index (χ1n) is 11.4. The zero-order valence-electron chi connectivity index (χ0n) is 19.9. The summed E-state index contributed by atoms with van der Waals surface area (Å²) in [6.07, 6.45) is 0. The zero-order valence-corrected chi connectivity index (χ0v) is 19.9. The summed E-state index contributed by atoms with van der Waals surface area (Å²) in [6.45, 7) is 9.89. The number of nitriles is 1. The molecule has 4 nitrogen and oxygen atoms in total. The number of rotatable bonds is 4. The second kappa shape index (κ2) is 8.30. The van der Waals surface area contributed by atoms with Gasteiger partial charge < -0.3 is 9.67 Å². The number of aliphatic hydroxyl groups is 1. The van der Waals surface area contributed by atoms with E-state index >= 15 is 0 Å². The Balaban J connectivity index is 1.77. The zero-order chi connectivity index (χ0) is 24.9. The number of nitrogens with zero attached hydrogens (tertiary/aromatic N) is 2. The predicted octanol–water partition coefficient (Wildman–Crippen LogP) is 7.00. The highest BCUT2D eigenvalue weighted by Gasteiger charge is 2.40. The molecule has 35 heavy (non-hydrogen) atoms. The first-order valence-corrected chi connectivity index (χ1v) is 11.4. The van der Waals surface area contributed by atoms with Crippen LogP contribution in [0.4, 0.5) is 0 Å². The van der Waals surface area contributed by atoms with Gasteiger partial charge in [-0.15, -0.1) is 0 Å². The highest BCUT2D eigenvalue weighted by molar-refractivity contribution is 6.43. The third-order valence-corrected chi connectivity index (χ3v) is 6.64. The van der Waals surface area contributed by atoms with Crippen molar-refractivity contribution in [2.45, 2.75) is 20.8 Å². The first kappa shape index (κ1) is 22.2. The predicted molar refractivity (Wildman–Crippen MR) is 140 cm³/mol. The van der Waals surface area contributed by atoms with Crippen LogP contribution in [0.1, 0.15) is 34.9 Å². The number of carbonyl (C=O) groups excluding carboxylic acids is 1. The van der Waals surface area contributed by atoms with Crippen LogP contribution in [0.5, 0.6) is 0 Å². The number of hydrogen-bond acceptors (Lipinski definition) is 3. The van der Waals surface area contributed by atoms with Crippen LogP contribution in [0.2, 0.25) is 0 Å². The van der Waals surface area contributed by atoms with E-state index in [2.05, 4.69) is 17.2 Å². The van der Waals surface area contributed by atoms with Gasteiger partial charge in [0.25, 0.3) is 0 Å². The average Bonchev–Trinajstić information content (AvgIpc) is 3.14. The maximum Gasteiger partial charge on any atom is 0.201 e. The molecule has 0 unspecified atom stereocenters. The van der Waals surface area contributed by atoms with E-state index in [1.54, 1.807) is 12.1 Å². The molecule has 0 saturated heterocycles. The third-order valence-electron chi connectivity index (χ3n) is 6.64. The fraction of sp³-hybridized carbons (Fsp3) is 0.0968. The number of hydrogen-bond donors (Lipinski definition) is 1. The smallest absolute Gasteiger partial charge is 0.201 e. The van der Waals surface area contributed by atoms with Crippen LogP contribution in [-0.2, 0) is 4.79 Å². The lowest BCUT2D eigenvalue weighted by Crippen LogP contribution is -2.23. The van der Waals surface area contributed by atoms with E-state index in [9.17, 15) is 9.90 Å². The lowest BCUT2D eigenvalue weighted by atomic mass is 9.76. The van der Waals surface area contributed by atoms with Gasteiger partial charge in [-0.1, -0.05) is 49.0 Å². The van der Waals surface area contributed by atoms with Crippen molar-refractivity contribution < 1.29 is 9.90 Å². The van der Waals surface area contributed by atoms with Crippen LogP contribution in [0, 0.1) is 25.2 Å². The van der Waals surface area contributed by atoms with Crippen LogP contribution in [0.15, 0.2) is 96.3 Å². The van der Waals surface area contributed by atoms with Gasteiger partial charge in [0.05, 0.1) is 28.3 Å². The van der Waals surface area contributed by atoms with E-state index in [0.29, 0.717) is 22.3 Å². The van der Waals surface area contributed by atoms with Crippen LogP contribution in [0.3, 0.4) is 0 Å². The molecule has 0 amide bonds. The quantitative estimate of drug-likeness (QED) is 0.336. The first-order chi connectivity index (χ1) is 16.8. The van der Waals surface area contributed by atoms with Crippen LogP contribution in [0.25, 0.3) is 27.7 Å². The summed E-state index contributed by atoms with van der Waals surface area (Å²) in [6, 6.07) is 25.1. The van der Waals surface area contributed by atoms with E-state index in [0.717, 1.165) is 44.5 Å². The Morgan fingerprint density at radius 2 is 1.63 bits per heavy atom. The summed E-state index contributed by atoms with van der Waals surface area (Å²) < 4.78 is 2.06. The molecule has 0 saturated carbocycles. The molecule has 0 radical (unpaired) electrons. The summed E-state index contributed by atoms with van der Waals surface area (Å²) in [5.74, 6) is -0.184. The fourth-order valence-corrected chi connectivity index (χ4v) is 5.00. The number of fused-ring (bicyclic) bond motifs is 1. The third kappa shape index (κ3) is 3.33. The number of aromatic nitrogens is 1. The maximum absolute atomic E-state index is 13.7. The molecular formula is C31H24N2O2. The molecule has 0 aliphatic heterocycles. The van der Waals surface area contributed by atoms with Crippen molar-refractivity contribution in [1.82, 2.24) is 4.57 Å². The van der Waals surface area contributed by atoms with Gasteiger partial charge in [0, 0.05) is 22.3 Å². The Kier molecular flexibility index (Phi) is 5.26. The lowest BCUT2D eigenvalue weighted by Gasteiger charge is -2.26. The summed E-state index contributed by atoms with van der Waals surface area (Å²) in [5.41, 5.74) is 7.92. The van der Waals surface area contributed by atoms with Gasteiger partial charge in [0.1, 0.15) is 5.76 Å². The molecule has 4 aromatic rings. The number of aryl methyl sites for hydroxylation is 1. The van der Waals surface area contributed by atoms with E-state index < -0.39 is 0 Å². The summed E-state index contributed by atoms with van der Waals surface area (Å²) in [7, 11) is 0. The lowest BCUT2D eigenvalue weighted by molar-refractivity contribution is -0.111. The van der Waals surface area contributed by atoms with Gasteiger partial charge in [-0.05, 0) is 73.4 Å². The minimum Gasteiger partial charge on any atom is -0.506 e. The number of para-hydroxylation sites is 1. The second-order valence-corrected chi connectivity index (χ2v) is 8.87. The van der Waals surface area contributed by atoms with E-state index in [-0.39, 0.29) is 11.5 Å². The van der Waals surface area contributed by atoms with Crippen molar-refractivity contribution in [3.05, 3.63) is 124 Å². The Hall–Kier alpha value is -4.62. The van der Waals surface area contributed by atoms with Crippen molar-refractivity contribution in [2.75, 3.05) is 0 Å². The number of carbonyl (C=O) groups is 1. The highest BCUT2D eigenvalue weighted by atomic mass is 16.3. The molecule has 1 aromatic heterocycles. The Labute approximate surface area is 204 Å². The van der Waals surface area contributed by atoms with Crippen LogP contribution < -0.4 is 0 Å². The van der Waals surface area contributed by atoms with E-state index in [1.807, 2.05) is 81.4 Å². The van der Waals surface area contributed by atoms with Crippen molar-refractivity contribution >= 4 is 27.8 Å². The molecule has 0 spiro atoms. The van der Waals surface area contributed by atoms with Gasteiger partial charge in [-0.3, -0.25) is 4.79 Å². The summed E-state index contributed by atoms with van der Waals surface area (Å²) >= 11 is 0. The summed E-state index contributed by atoms with van der Waals surface area (Å²) in [5, 5.41) is 21.4. The monoisotopic (exact) mass is 456 g/mol. The van der Waals surface area contributed by atoms with Gasteiger partial charge in [0.2, 0.25) is 5.78 Å². The normalized spacial score (nSPS) is 14.6. The average molecular weight is 457 g/mol. The van der Waals surface area contributed by atoms with Crippen LogP contribution >= 0.6 is 0 Å². The van der Waals surface area contributed by atoms with Crippen molar-refractivity contribution in [3.8, 4) is 11.8 Å². The molecule has 170 valence electrons. The van der Waals surface area contributed by atoms with Crippen LogP contribution in [-0.4, -0.2) is 15.5 Å². The Morgan fingerprint density at radius 1 is 0.971 bits per heavy atom. The molecule has 0 bridgehead atoms. The minimum absolute atomic E-state index is 0.00193. The Bertz CT molecular complexity index is 1650. The van der Waals surface area contributed by atoms with Gasteiger partial charge in [0.15, 0.2) is 0 Å². The molecular weight excluding hydrogens is 432 g/mol. The number of allylic oxidation sites excluding steroid dienone is 4. The molecule has 4 heteroatoms. The fourth-order valence-electron chi connectivity index (χ4n) is 5.00. The van der Waals surface area contributed by atoms with E-state index in [1.165, 1.54) is 0 Å². The SMILES string of the molecule is C=C(C)/C(=C1/C(=O)C(c2c(C)n(-c3ccc(C#N)cc3)c3ccccc23)=C1O)c1ccccc1C. The van der Waals surface area contributed by atoms with Crippen molar-refractivity contribution in [1.29, 1.82) is 5.26 Å². The minimum atomic E-state index is -0.186. The molecule has 1 N–H and O–H groups in total. The van der Waals surface area contributed by atoms with Gasteiger partial charge >= 0.3 is 0 Å². The molecule has 0 atom stereocenters. The molecule has 0 fully saturated rings. The van der Waals surface area contributed by atoms with Gasteiger partial charge in [-0.25, -0.2) is 0 Å². The second-order valence-electron chi connectivity index (χ2n) is 8.87. The number of aliphatic hydroxyl groups excluding tert-OH is 1. The molecule has 5 rings (SSSR count). The maximum atomic E-state index is 13.7. The van der Waals surface area contributed by atoms with E-state index in [4.69, 9.17) is 5.26 Å². The number of benzene rings is 3.